The molecule has 0 amide bonds. The van der Waals surface area contributed by atoms with Crippen LogP contribution >= 0.6 is 22.6 Å². The van der Waals surface area contributed by atoms with Crippen LogP contribution in [0.15, 0.2) is 24.3 Å². The highest BCUT2D eigenvalue weighted by Gasteiger charge is 2.14. The number of anilines is 1. The maximum absolute atomic E-state index is 5.29. The monoisotopic (exact) mass is 289 g/mol. The molecule has 2 nitrogen and oxygen atoms in total. The fraction of sp³-hybridized carbons (Fsp3) is 0.400. The Hall–Kier alpha value is -0.290. The third-order valence-corrected chi connectivity index (χ3v) is 2.86. The van der Waals surface area contributed by atoms with Crippen LogP contribution in [0.25, 0.3) is 0 Å². The van der Waals surface area contributed by atoms with E-state index < -0.39 is 0 Å². The van der Waals surface area contributed by atoms with Gasteiger partial charge in [0.25, 0.3) is 0 Å². The van der Waals surface area contributed by atoms with Crippen molar-refractivity contribution in [2.75, 3.05) is 18.5 Å². The van der Waals surface area contributed by atoms with Crippen molar-refractivity contribution >= 4 is 28.3 Å². The lowest BCUT2D eigenvalue weighted by molar-refractivity contribution is 0.195. The molecule has 0 spiro atoms. The Labute approximate surface area is 91.8 Å². The predicted molar refractivity (Wildman–Crippen MR) is 62.0 cm³/mol. The molecule has 70 valence electrons. The zero-order chi connectivity index (χ0) is 9.10. The van der Waals surface area contributed by atoms with Gasteiger partial charge in [-0.2, -0.15) is 0 Å². The van der Waals surface area contributed by atoms with Gasteiger partial charge in [0.2, 0.25) is 0 Å². The second-order valence-corrected chi connectivity index (χ2v) is 4.46. The van der Waals surface area contributed by atoms with Gasteiger partial charge in [-0.15, -0.1) is 0 Å². The quantitative estimate of drug-likeness (QED) is 0.845. The Morgan fingerprint density at radius 1 is 1.31 bits per heavy atom. The normalized spacial score (nSPS) is 21.8. The number of hydrogen-bond acceptors (Lipinski definition) is 2. The molecule has 1 aliphatic rings. The summed E-state index contributed by atoms with van der Waals surface area (Å²) >= 11 is 2.31. The van der Waals surface area contributed by atoms with E-state index in [1.807, 2.05) is 0 Å². The molecule has 1 unspecified atom stereocenters. The van der Waals surface area contributed by atoms with Gasteiger partial charge in [-0.1, -0.05) is 0 Å². The highest BCUT2D eigenvalue weighted by atomic mass is 127. The average molecular weight is 289 g/mol. The average Bonchev–Trinajstić information content (AvgIpc) is 2.62. The van der Waals surface area contributed by atoms with Gasteiger partial charge in [0.05, 0.1) is 12.6 Å². The van der Waals surface area contributed by atoms with Gasteiger partial charge >= 0.3 is 0 Å². The summed E-state index contributed by atoms with van der Waals surface area (Å²) in [4.78, 5) is 0. The van der Waals surface area contributed by atoms with Gasteiger partial charge in [0, 0.05) is 15.9 Å². The zero-order valence-electron chi connectivity index (χ0n) is 7.29. The number of rotatable bonds is 2. The maximum atomic E-state index is 5.29. The molecule has 1 aromatic rings. The van der Waals surface area contributed by atoms with E-state index in [1.165, 1.54) is 9.26 Å². The number of ether oxygens (including phenoxy) is 1. The summed E-state index contributed by atoms with van der Waals surface area (Å²) in [5.74, 6) is 0. The summed E-state index contributed by atoms with van der Waals surface area (Å²) in [6.45, 7) is 1.73. The SMILES string of the molecule is Ic1ccc(NC2CCOC2)cc1. The number of hydrogen-bond donors (Lipinski definition) is 1. The Kier molecular flexibility index (Phi) is 3.05. The van der Waals surface area contributed by atoms with E-state index >= 15 is 0 Å². The van der Waals surface area contributed by atoms with E-state index in [0.29, 0.717) is 6.04 Å². The molecule has 1 aliphatic heterocycles. The van der Waals surface area contributed by atoms with Crippen molar-refractivity contribution in [3.05, 3.63) is 27.8 Å². The summed E-state index contributed by atoms with van der Waals surface area (Å²) in [6.07, 6.45) is 1.12. The van der Waals surface area contributed by atoms with Gasteiger partial charge in [-0.3, -0.25) is 0 Å². The van der Waals surface area contributed by atoms with Crippen LogP contribution in [0.4, 0.5) is 5.69 Å². The summed E-state index contributed by atoms with van der Waals surface area (Å²) < 4.78 is 6.56. The van der Waals surface area contributed by atoms with Crippen molar-refractivity contribution < 1.29 is 4.74 Å². The van der Waals surface area contributed by atoms with Crippen LogP contribution in [0.1, 0.15) is 6.42 Å². The van der Waals surface area contributed by atoms with Gasteiger partial charge < -0.3 is 10.1 Å². The summed E-state index contributed by atoms with van der Waals surface area (Å²) in [5, 5.41) is 3.44. The first-order valence-electron chi connectivity index (χ1n) is 4.44. The Morgan fingerprint density at radius 3 is 2.69 bits per heavy atom. The Morgan fingerprint density at radius 2 is 2.08 bits per heavy atom. The van der Waals surface area contributed by atoms with Crippen molar-refractivity contribution in [2.45, 2.75) is 12.5 Å². The van der Waals surface area contributed by atoms with Crippen molar-refractivity contribution in [3.63, 3.8) is 0 Å². The van der Waals surface area contributed by atoms with Crippen molar-refractivity contribution in [1.29, 1.82) is 0 Å². The first-order valence-corrected chi connectivity index (χ1v) is 5.52. The van der Waals surface area contributed by atoms with Gasteiger partial charge in [0.1, 0.15) is 0 Å². The molecule has 3 heteroatoms. The molecule has 0 aromatic heterocycles. The minimum Gasteiger partial charge on any atom is -0.380 e. The fourth-order valence-electron chi connectivity index (χ4n) is 1.43. The summed E-state index contributed by atoms with van der Waals surface area (Å²) in [7, 11) is 0. The fourth-order valence-corrected chi connectivity index (χ4v) is 1.79. The molecule has 0 saturated carbocycles. The molecule has 1 heterocycles. The van der Waals surface area contributed by atoms with Crippen LogP contribution in [-0.4, -0.2) is 19.3 Å². The second kappa shape index (κ2) is 4.28. The lowest BCUT2D eigenvalue weighted by Crippen LogP contribution is -2.18. The van der Waals surface area contributed by atoms with Crippen LogP contribution < -0.4 is 5.32 Å². The van der Waals surface area contributed by atoms with Crippen LogP contribution in [0.3, 0.4) is 0 Å². The molecule has 0 aliphatic carbocycles. The molecule has 13 heavy (non-hydrogen) atoms. The van der Waals surface area contributed by atoms with Gasteiger partial charge in [-0.25, -0.2) is 0 Å². The minimum atomic E-state index is 0.500. The van der Waals surface area contributed by atoms with Crippen LogP contribution in [0, 0.1) is 3.57 Å². The number of halogens is 1. The molecule has 1 aromatic carbocycles. The van der Waals surface area contributed by atoms with Crippen LogP contribution in [-0.2, 0) is 4.74 Å². The van der Waals surface area contributed by atoms with Crippen LogP contribution in [0.5, 0.6) is 0 Å². The zero-order valence-corrected chi connectivity index (χ0v) is 9.45. The third-order valence-electron chi connectivity index (χ3n) is 2.14. The number of nitrogens with one attached hydrogen (secondary N) is 1. The highest BCUT2D eigenvalue weighted by Crippen LogP contribution is 2.15. The maximum Gasteiger partial charge on any atom is 0.0668 e. The van der Waals surface area contributed by atoms with Crippen molar-refractivity contribution in [1.82, 2.24) is 0 Å². The largest absolute Gasteiger partial charge is 0.380 e. The first kappa shape index (κ1) is 9.27. The van der Waals surface area contributed by atoms with E-state index in [9.17, 15) is 0 Å². The summed E-state index contributed by atoms with van der Waals surface area (Å²) in [6, 6.07) is 8.94. The molecule has 1 N–H and O–H groups in total. The third kappa shape index (κ3) is 2.57. The van der Waals surface area contributed by atoms with E-state index in [1.54, 1.807) is 0 Å². The van der Waals surface area contributed by atoms with E-state index in [0.717, 1.165) is 19.6 Å². The molecule has 2 rings (SSSR count). The van der Waals surface area contributed by atoms with Gasteiger partial charge in [0.15, 0.2) is 0 Å². The first-order chi connectivity index (χ1) is 6.34. The standard InChI is InChI=1S/C10H12INO/c11-8-1-3-9(4-2-8)12-10-5-6-13-7-10/h1-4,10,12H,5-7H2. The highest BCUT2D eigenvalue weighted by molar-refractivity contribution is 14.1. The predicted octanol–water partition coefficient (Wildman–Crippen LogP) is 2.49. The van der Waals surface area contributed by atoms with Crippen molar-refractivity contribution in [3.8, 4) is 0 Å². The molecule has 0 radical (unpaired) electrons. The minimum absolute atomic E-state index is 0.500. The molecule has 0 bridgehead atoms. The smallest absolute Gasteiger partial charge is 0.0668 e. The van der Waals surface area contributed by atoms with E-state index in [2.05, 4.69) is 52.2 Å². The molecule has 1 atom stereocenters. The topological polar surface area (TPSA) is 21.3 Å². The van der Waals surface area contributed by atoms with E-state index in [-0.39, 0.29) is 0 Å². The molecule has 1 saturated heterocycles. The number of benzene rings is 1. The molecule has 1 fully saturated rings. The van der Waals surface area contributed by atoms with Crippen LogP contribution in [0.2, 0.25) is 0 Å². The second-order valence-electron chi connectivity index (χ2n) is 3.21. The lowest BCUT2D eigenvalue weighted by atomic mass is 10.2. The molecular weight excluding hydrogens is 277 g/mol. The Balaban J connectivity index is 1.97. The van der Waals surface area contributed by atoms with Crippen molar-refractivity contribution in [2.24, 2.45) is 0 Å². The molecular formula is C10H12INO. The Bertz CT molecular complexity index is 267. The van der Waals surface area contributed by atoms with E-state index in [4.69, 9.17) is 4.74 Å². The van der Waals surface area contributed by atoms with Gasteiger partial charge in [-0.05, 0) is 53.3 Å². The lowest BCUT2D eigenvalue weighted by Gasteiger charge is -2.11. The summed E-state index contributed by atoms with van der Waals surface area (Å²) in [5.41, 5.74) is 1.19.